The van der Waals surface area contributed by atoms with E-state index in [4.69, 9.17) is 4.74 Å². The first-order chi connectivity index (χ1) is 8.49. The van der Waals surface area contributed by atoms with E-state index >= 15 is 0 Å². The van der Waals surface area contributed by atoms with E-state index in [1.165, 1.54) is 0 Å². The van der Waals surface area contributed by atoms with Crippen LogP contribution in [0, 0.1) is 0 Å². The van der Waals surface area contributed by atoms with Gasteiger partial charge in [-0.05, 0) is 18.9 Å². The first-order valence-corrected chi connectivity index (χ1v) is 7.73. The molecule has 4 nitrogen and oxygen atoms in total. The van der Waals surface area contributed by atoms with Gasteiger partial charge in [0.2, 0.25) is 10.0 Å². The highest BCUT2D eigenvalue weighted by molar-refractivity contribution is 7.89. The average molecular weight is 271 g/mol. The second kappa shape index (κ2) is 6.31. The second-order valence-corrected chi connectivity index (χ2v) is 6.24. The molecule has 0 radical (unpaired) electrons. The third kappa shape index (κ3) is 3.54. The molecule has 18 heavy (non-hydrogen) atoms. The number of ether oxygens (including phenoxy) is 1. The molecule has 0 aliphatic rings. The van der Waals surface area contributed by atoms with Crippen molar-refractivity contribution in [3.63, 3.8) is 0 Å². The second-order valence-electron chi connectivity index (χ2n) is 4.14. The van der Waals surface area contributed by atoms with Gasteiger partial charge in [-0.1, -0.05) is 37.3 Å². The molecule has 1 atom stereocenters. The topological polar surface area (TPSA) is 55.4 Å². The smallest absolute Gasteiger partial charge is 0.211 e. The Bertz CT molecular complexity index is 452. The van der Waals surface area contributed by atoms with Gasteiger partial charge in [-0.15, -0.1) is 0 Å². The van der Waals surface area contributed by atoms with E-state index in [2.05, 4.69) is 4.72 Å². The van der Waals surface area contributed by atoms with Crippen LogP contribution in [0.3, 0.4) is 0 Å². The molecular formula is C13H21NO3S. The summed E-state index contributed by atoms with van der Waals surface area (Å²) in [6, 6.07) is 9.68. The van der Waals surface area contributed by atoms with Crippen LogP contribution in [0.15, 0.2) is 30.3 Å². The number of sulfonamides is 1. The van der Waals surface area contributed by atoms with Gasteiger partial charge in [-0.2, -0.15) is 0 Å². The van der Waals surface area contributed by atoms with Crippen molar-refractivity contribution in [2.75, 3.05) is 19.4 Å². The Kier molecular flexibility index (Phi) is 5.31. The van der Waals surface area contributed by atoms with Gasteiger partial charge >= 0.3 is 0 Å². The first-order valence-electron chi connectivity index (χ1n) is 6.07. The lowest BCUT2D eigenvalue weighted by Crippen LogP contribution is -2.42. The lowest BCUT2D eigenvalue weighted by molar-refractivity contribution is -0.0133. The fourth-order valence-electron chi connectivity index (χ4n) is 1.84. The zero-order valence-electron chi connectivity index (χ0n) is 11.1. The zero-order chi connectivity index (χ0) is 13.6. The summed E-state index contributed by atoms with van der Waals surface area (Å²) in [6.45, 7) is 3.85. The van der Waals surface area contributed by atoms with Crippen LogP contribution < -0.4 is 4.72 Å². The predicted molar refractivity (Wildman–Crippen MR) is 72.9 cm³/mol. The molecule has 1 N–H and O–H groups in total. The number of methoxy groups -OCH3 is 1. The van der Waals surface area contributed by atoms with Crippen molar-refractivity contribution < 1.29 is 13.2 Å². The third-order valence-electron chi connectivity index (χ3n) is 3.22. The summed E-state index contributed by atoms with van der Waals surface area (Å²) in [6.07, 6.45) is 0.694. The van der Waals surface area contributed by atoms with Gasteiger partial charge in [0.05, 0.1) is 5.75 Å². The van der Waals surface area contributed by atoms with Gasteiger partial charge in [-0.3, -0.25) is 0 Å². The molecule has 0 aliphatic carbocycles. The number of rotatable bonds is 7. The summed E-state index contributed by atoms with van der Waals surface area (Å²) in [5, 5.41) is 0. The highest BCUT2D eigenvalue weighted by Crippen LogP contribution is 2.28. The molecule has 1 aromatic rings. The molecular weight excluding hydrogens is 250 g/mol. The van der Waals surface area contributed by atoms with E-state index in [0.717, 1.165) is 5.56 Å². The SMILES string of the molecule is CCC(CNS(=O)(=O)CC)(OC)c1ccccc1. The average Bonchev–Trinajstić information content (AvgIpc) is 2.42. The standard InChI is InChI=1S/C13H21NO3S/c1-4-13(17-3,11-14-18(15,16)5-2)12-9-7-6-8-10-12/h6-10,14H,4-5,11H2,1-3H3. The number of hydrogen-bond acceptors (Lipinski definition) is 3. The van der Waals surface area contributed by atoms with Crippen LogP contribution in [0.4, 0.5) is 0 Å². The van der Waals surface area contributed by atoms with Crippen LogP contribution in [0.25, 0.3) is 0 Å². The molecule has 1 aromatic carbocycles. The molecule has 0 amide bonds. The highest BCUT2D eigenvalue weighted by Gasteiger charge is 2.31. The molecule has 0 saturated heterocycles. The number of hydrogen-bond donors (Lipinski definition) is 1. The molecule has 5 heteroatoms. The van der Waals surface area contributed by atoms with E-state index in [9.17, 15) is 8.42 Å². The van der Waals surface area contributed by atoms with Crippen molar-refractivity contribution in [3.8, 4) is 0 Å². The Labute approximate surface area is 109 Å². The lowest BCUT2D eigenvalue weighted by atomic mass is 9.91. The van der Waals surface area contributed by atoms with Crippen LogP contribution in [0.2, 0.25) is 0 Å². The summed E-state index contributed by atoms with van der Waals surface area (Å²) in [7, 11) is -1.60. The maximum atomic E-state index is 11.5. The van der Waals surface area contributed by atoms with Gasteiger partial charge in [0.1, 0.15) is 5.60 Å². The Morgan fingerprint density at radius 2 is 1.83 bits per heavy atom. The van der Waals surface area contributed by atoms with Crippen LogP contribution >= 0.6 is 0 Å². The van der Waals surface area contributed by atoms with E-state index in [1.54, 1.807) is 14.0 Å². The molecule has 0 fully saturated rings. The Morgan fingerprint density at radius 3 is 2.28 bits per heavy atom. The maximum absolute atomic E-state index is 11.5. The van der Waals surface area contributed by atoms with E-state index in [1.807, 2.05) is 37.3 Å². The maximum Gasteiger partial charge on any atom is 0.211 e. The molecule has 0 aromatic heterocycles. The van der Waals surface area contributed by atoms with Crippen molar-refractivity contribution in [3.05, 3.63) is 35.9 Å². The van der Waals surface area contributed by atoms with Crippen molar-refractivity contribution in [1.29, 1.82) is 0 Å². The molecule has 1 rings (SSSR count). The minimum Gasteiger partial charge on any atom is -0.372 e. The molecule has 1 unspecified atom stereocenters. The van der Waals surface area contributed by atoms with Crippen molar-refractivity contribution in [2.24, 2.45) is 0 Å². The molecule has 0 spiro atoms. The Balaban J connectivity index is 2.95. The molecule has 0 aliphatic heterocycles. The number of nitrogens with one attached hydrogen (secondary N) is 1. The van der Waals surface area contributed by atoms with Crippen molar-refractivity contribution >= 4 is 10.0 Å². The molecule has 0 saturated carbocycles. The van der Waals surface area contributed by atoms with Crippen LogP contribution in [0.1, 0.15) is 25.8 Å². The summed E-state index contributed by atoms with van der Waals surface area (Å²) in [5.41, 5.74) is 0.373. The fourth-order valence-corrected chi connectivity index (χ4v) is 2.49. The Morgan fingerprint density at radius 1 is 1.22 bits per heavy atom. The summed E-state index contributed by atoms with van der Waals surface area (Å²) >= 11 is 0. The zero-order valence-corrected chi connectivity index (χ0v) is 12.0. The van der Waals surface area contributed by atoms with Gasteiger partial charge < -0.3 is 4.74 Å². The fraction of sp³-hybridized carbons (Fsp3) is 0.538. The van der Waals surface area contributed by atoms with Gasteiger partial charge in [0.15, 0.2) is 0 Å². The summed E-state index contributed by atoms with van der Waals surface area (Å²) in [4.78, 5) is 0. The summed E-state index contributed by atoms with van der Waals surface area (Å²) in [5.74, 6) is 0.0747. The Hall–Kier alpha value is -0.910. The first kappa shape index (κ1) is 15.1. The van der Waals surface area contributed by atoms with Gasteiger partial charge in [0.25, 0.3) is 0 Å². The van der Waals surface area contributed by atoms with E-state index in [-0.39, 0.29) is 12.3 Å². The largest absolute Gasteiger partial charge is 0.372 e. The monoisotopic (exact) mass is 271 g/mol. The van der Waals surface area contributed by atoms with Gasteiger partial charge in [0, 0.05) is 13.7 Å². The van der Waals surface area contributed by atoms with Crippen molar-refractivity contribution in [1.82, 2.24) is 4.72 Å². The van der Waals surface area contributed by atoms with Crippen LogP contribution in [-0.4, -0.2) is 27.8 Å². The third-order valence-corrected chi connectivity index (χ3v) is 4.56. The summed E-state index contributed by atoms with van der Waals surface area (Å²) < 4.78 is 31.3. The predicted octanol–water partition coefficient (Wildman–Crippen LogP) is 1.88. The van der Waals surface area contributed by atoms with Crippen LogP contribution in [0.5, 0.6) is 0 Å². The molecule has 0 heterocycles. The van der Waals surface area contributed by atoms with E-state index in [0.29, 0.717) is 6.42 Å². The minimum absolute atomic E-state index is 0.0747. The highest BCUT2D eigenvalue weighted by atomic mass is 32.2. The normalized spacial score (nSPS) is 15.3. The quantitative estimate of drug-likeness (QED) is 0.824. The van der Waals surface area contributed by atoms with Crippen LogP contribution in [-0.2, 0) is 20.4 Å². The molecule has 102 valence electrons. The van der Waals surface area contributed by atoms with Gasteiger partial charge in [-0.25, -0.2) is 13.1 Å². The minimum atomic E-state index is -3.21. The number of benzene rings is 1. The molecule has 0 bridgehead atoms. The van der Waals surface area contributed by atoms with Crippen molar-refractivity contribution in [2.45, 2.75) is 25.9 Å². The lowest BCUT2D eigenvalue weighted by Gasteiger charge is -2.32. The van der Waals surface area contributed by atoms with E-state index < -0.39 is 15.6 Å².